The highest BCUT2D eigenvalue weighted by atomic mass is 32.2. The molecule has 82 valence electrons. The van der Waals surface area contributed by atoms with Crippen LogP contribution in [-0.2, 0) is 9.59 Å². The summed E-state index contributed by atoms with van der Waals surface area (Å²) in [5.74, 6) is -1.14. The summed E-state index contributed by atoms with van der Waals surface area (Å²) in [5, 5.41) is 19.7. The lowest BCUT2D eigenvalue weighted by Gasteiger charge is -2.13. The molecule has 1 unspecified atom stereocenters. The van der Waals surface area contributed by atoms with Gasteiger partial charge in [0.25, 0.3) is 0 Å². The Bertz CT molecular complexity index is 194. The number of aliphatic carboxylic acids is 1. The molecule has 1 amide bonds. The number of carboxylic acid groups (broad SMARTS) is 1. The maximum Gasteiger partial charge on any atom is 0.313 e. The minimum absolute atomic E-state index is 0.0800. The van der Waals surface area contributed by atoms with Crippen LogP contribution in [0.2, 0.25) is 0 Å². The lowest BCUT2D eigenvalue weighted by Crippen LogP contribution is -2.38. The largest absolute Gasteiger partial charge is 0.481 e. The highest BCUT2D eigenvalue weighted by Crippen LogP contribution is 1.99. The van der Waals surface area contributed by atoms with Crippen LogP contribution in [-0.4, -0.2) is 46.2 Å². The van der Waals surface area contributed by atoms with Gasteiger partial charge in [0.15, 0.2) is 0 Å². The molecule has 3 N–H and O–H groups in total. The first-order valence-corrected chi connectivity index (χ1v) is 5.45. The predicted octanol–water partition coefficient (Wildman–Crippen LogP) is -0.309. The third kappa shape index (κ3) is 6.73. The van der Waals surface area contributed by atoms with Crippen LogP contribution >= 0.6 is 11.8 Å². The van der Waals surface area contributed by atoms with Gasteiger partial charge in [0.2, 0.25) is 5.91 Å². The lowest BCUT2D eigenvalue weighted by atomic mass is 10.2. The molecule has 0 saturated carbocycles. The van der Waals surface area contributed by atoms with E-state index in [2.05, 4.69) is 5.32 Å². The molecule has 0 heterocycles. The maximum atomic E-state index is 11.1. The second kappa shape index (κ2) is 7.64. The van der Waals surface area contributed by atoms with Gasteiger partial charge in [0, 0.05) is 0 Å². The predicted molar refractivity (Wildman–Crippen MR) is 54.3 cm³/mol. The van der Waals surface area contributed by atoms with Gasteiger partial charge < -0.3 is 15.5 Å². The van der Waals surface area contributed by atoms with Gasteiger partial charge in [-0.2, -0.15) is 0 Å². The van der Waals surface area contributed by atoms with E-state index in [9.17, 15) is 9.59 Å². The Morgan fingerprint density at radius 1 is 1.43 bits per heavy atom. The van der Waals surface area contributed by atoms with E-state index in [1.54, 1.807) is 0 Å². The third-order valence-electron chi connectivity index (χ3n) is 1.54. The van der Waals surface area contributed by atoms with Crippen LogP contribution in [0.5, 0.6) is 0 Å². The Labute approximate surface area is 86.9 Å². The first-order chi connectivity index (χ1) is 6.60. The normalized spacial score (nSPS) is 12.1. The molecule has 0 radical (unpaired) electrons. The average Bonchev–Trinajstić information content (AvgIpc) is 2.13. The van der Waals surface area contributed by atoms with Crippen LogP contribution in [0.15, 0.2) is 0 Å². The van der Waals surface area contributed by atoms with Gasteiger partial charge in [-0.1, -0.05) is 6.92 Å². The Morgan fingerprint density at radius 2 is 2.07 bits per heavy atom. The number of carbonyl (C=O) groups excluding carboxylic acids is 1. The molecule has 14 heavy (non-hydrogen) atoms. The molecule has 5 nitrogen and oxygen atoms in total. The van der Waals surface area contributed by atoms with Gasteiger partial charge in [-0.15, -0.1) is 11.8 Å². The van der Waals surface area contributed by atoms with Gasteiger partial charge in [-0.05, 0) is 6.42 Å². The van der Waals surface area contributed by atoms with E-state index in [0.29, 0.717) is 6.42 Å². The number of rotatable bonds is 7. The summed E-state index contributed by atoms with van der Waals surface area (Å²) in [6, 6.07) is -0.229. The van der Waals surface area contributed by atoms with Gasteiger partial charge in [-0.25, -0.2) is 0 Å². The number of carbonyl (C=O) groups is 2. The Hall–Kier alpha value is -0.750. The van der Waals surface area contributed by atoms with Crippen molar-refractivity contribution in [2.24, 2.45) is 0 Å². The van der Waals surface area contributed by atoms with E-state index in [0.717, 1.165) is 11.8 Å². The van der Waals surface area contributed by atoms with Crippen LogP contribution in [0.4, 0.5) is 0 Å². The molecule has 0 aliphatic heterocycles. The summed E-state index contributed by atoms with van der Waals surface area (Å²) in [5.41, 5.74) is 0. The summed E-state index contributed by atoms with van der Waals surface area (Å²) in [7, 11) is 0. The monoisotopic (exact) mass is 221 g/mol. The number of hydrogen-bond acceptors (Lipinski definition) is 4. The van der Waals surface area contributed by atoms with E-state index < -0.39 is 5.97 Å². The number of carboxylic acids is 1. The highest BCUT2D eigenvalue weighted by molar-refractivity contribution is 8.00. The molecule has 0 aromatic heterocycles. The number of aliphatic hydroxyl groups excluding tert-OH is 1. The van der Waals surface area contributed by atoms with Crippen molar-refractivity contribution in [3.05, 3.63) is 0 Å². The van der Waals surface area contributed by atoms with Crippen LogP contribution in [0, 0.1) is 0 Å². The quantitative estimate of drug-likeness (QED) is 0.549. The fraction of sp³-hybridized carbons (Fsp3) is 0.750. The molecule has 0 aromatic rings. The second-order valence-electron chi connectivity index (χ2n) is 2.74. The van der Waals surface area contributed by atoms with Crippen molar-refractivity contribution in [3.63, 3.8) is 0 Å². The molecule has 0 saturated heterocycles. The fourth-order valence-corrected chi connectivity index (χ4v) is 1.32. The zero-order valence-corrected chi connectivity index (χ0v) is 8.84. The second-order valence-corrected chi connectivity index (χ2v) is 3.73. The molecule has 0 aliphatic carbocycles. The Kier molecular flexibility index (Phi) is 7.23. The molecule has 0 spiro atoms. The SMILES string of the molecule is CCC(CO)NC(=O)CSCC(=O)O. The third-order valence-corrected chi connectivity index (χ3v) is 2.45. The number of thioether (sulfide) groups is 1. The van der Waals surface area contributed by atoms with Crippen LogP contribution < -0.4 is 5.32 Å². The zero-order valence-electron chi connectivity index (χ0n) is 8.02. The van der Waals surface area contributed by atoms with E-state index in [4.69, 9.17) is 10.2 Å². The summed E-state index contributed by atoms with van der Waals surface area (Å²) >= 11 is 1.04. The van der Waals surface area contributed by atoms with Crippen molar-refractivity contribution < 1.29 is 19.8 Å². The Balaban J connectivity index is 3.59. The molecule has 0 bridgehead atoms. The standard InChI is InChI=1S/C8H15NO4S/c1-2-6(3-10)9-7(11)4-14-5-8(12)13/h6,10H,2-5H2,1H3,(H,9,11)(H,12,13). The summed E-state index contributed by atoms with van der Waals surface area (Å²) in [6.07, 6.45) is 0.659. The van der Waals surface area contributed by atoms with Crippen LogP contribution in [0.25, 0.3) is 0 Å². The van der Waals surface area contributed by atoms with Gasteiger partial charge in [-0.3, -0.25) is 9.59 Å². The smallest absolute Gasteiger partial charge is 0.313 e. The van der Waals surface area contributed by atoms with E-state index in [1.165, 1.54) is 0 Å². The molecular formula is C8H15NO4S. The minimum Gasteiger partial charge on any atom is -0.481 e. The van der Waals surface area contributed by atoms with E-state index >= 15 is 0 Å². The molecule has 1 atom stereocenters. The highest BCUT2D eigenvalue weighted by Gasteiger charge is 2.09. The van der Waals surface area contributed by atoms with Crippen molar-refractivity contribution in [2.45, 2.75) is 19.4 Å². The van der Waals surface area contributed by atoms with Gasteiger partial charge >= 0.3 is 5.97 Å². The number of hydrogen-bond donors (Lipinski definition) is 3. The minimum atomic E-state index is -0.933. The van der Waals surface area contributed by atoms with Crippen molar-refractivity contribution >= 4 is 23.6 Å². The maximum absolute atomic E-state index is 11.1. The molecule has 0 aliphatic rings. The fourth-order valence-electron chi connectivity index (χ4n) is 0.777. The Morgan fingerprint density at radius 3 is 2.50 bits per heavy atom. The van der Waals surface area contributed by atoms with E-state index in [1.807, 2.05) is 6.92 Å². The molecular weight excluding hydrogens is 206 g/mol. The van der Waals surface area contributed by atoms with Crippen molar-refractivity contribution in [2.75, 3.05) is 18.1 Å². The van der Waals surface area contributed by atoms with Crippen LogP contribution in [0.3, 0.4) is 0 Å². The number of nitrogens with one attached hydrogen (secondary N) is 1. The molecule has 0 aromatic carbocycles. The van der Waals surface area contributed by atoms with Crippen molar-refractivity contribution in [3.8, 4) is 0 Å². The van der Waals surface area contributed by atoms with Crippen LogP contribution in [0.1, 0.15) is 13.3 Å². The topological polar surface area (TPSA) is 86.6 Å². The lowest BCUT2D eigenvalue weighted by molar-refractivity contribution is -0.133. The van der Waals surface area contributed by atoms with E-state index in [-0.39, 0.29) is 30.1 Å². The number of amides is 1. The molecule has 0 fully saturated rings. The first-order valence-electron chi connectivity index (χ1n) is 4.29. The first kappa shape index (κ1) is 13.2. The van der Waals surface area contributed by atoms with Gasteiger partial charge in [0.05, 0.1) is 24.2 Å². The molecule has 0 rings (SSSR count). The van der Waals surface area contributed by atoms with Gasteiger partial charge in [0.1, 0.15) is 0 Å². The summed E-state index contributed by atoms with van der Waals surface area (Å²) in [4.78, 5) is 21.2. The van der Waals surface area contributed by atoms with Crippen molar-refractivity contribution in [1.29, 1.82) is 0 Å². The van der Waals surface area contributed by atoms with Crippen molar-refractivity contribution in [1.82, 2.24) is 5.32 Å². The zero-order chi connectivity index (χ0) is 11.0. The summed E-state index contributed by atoms with van der Waals surface area (Å²) in [6.45, 7) is 1.76. The average molecular weight is 221 g/mol. The molecule has 6 heteroatoms. The number of aliphatic hydroxyl groups is 1. The summed E-state index contributed by atoms with van der Waals surface area (Å²) < 4.78 is 0.